The average Bonchev–Trinajstić information content (AvgIpc) is 2.37. The van der Waals surface area contributed by atoms with Crippen LogP contribution in [0.1, 0.15) is 13.8 Å². The summed E-state index contributed by atoms with van der Waals surface area (Å²) in [5.41, 5.74) is -5.41. The molecular formula is C13H18F3NO3S. The summed E-state index contributed by atoms with van der Waals surface area (Å²) in [5.74, 6) is 0.0478. The molecule has 0 radical (unpaired) electrons. The quantitative estimate of drug-likeness (QED) is 0.873. The van der Waals surface area contributed by atoms with Gasteiger partial charge in [-0.1, -0.05) is 26.0 Å². The highest BCUT2D eigenvalue weighted by atomic mass is 32.2. The number of halogens is 3. The Hall–Kier alpha value is -1.28. The smallest absolute Gasteiger partial charge is 0.383 e. The summed E-state index contributed by atoms with van der Waals surface area (Å²) < 4.78 is 66.3. The van der Waals surface area contributed by atoms with Crippen molar-refractivity contribution in [3.63, 3.8) is 0 Å². The summed E-state index contributed by atoms with van der Waals surface area (Å²) in [6.45, 7) is 3.97. The maximum absolute atomic E-state index is 12.7. The Morgan fingerprint density at radius 2 is 1.81 bits per heavy atom. The molecule has 120 valence electrons. The van der Waals surface area contributed by atoms with Gasteiger partial charge in [0.25, 0.3) is 9.84 Å². The van der Waals surface area contributed by atoms with E-state index in [2.05, 4.69) is 5.32 Å². The molecule has 1 N–H and O–H groups in total. The van der Waals surface area contributed by atoms with Gasteiger partial charge >= 0.3 is 5.51 Å². The van der Waals surface area contributed by atoms with Gasteiger partial charge in [0.15, 0.2) is 0 Å². The van der Waals surface area contributed by atoms with Crippen molar-refractivity contribution >= 4 is 15.5 Å². The molecule has 1 unspecified atom stereocenters. The molecular weight excluding hydrogens is 307 g/mol. The molecule has 1 atom stereocenters. The fourth-order valence-corrected chi connectivity index (χ4v) is 2.65. The predicted molar refractivity (Wildman–Crippen MR) is 73.8 cm³/mol. The van der Waals surface area contributed by atoms with Crippen LogP contribution in [0.5, 0.6) is 0 Å². The van der Waals surface area contributed by atoms with Crippen LogP contribution in [0.4, 0.5) is 18.9 Å². The number of benzene rings is 1. The highest BCUT2D eigenvalue weighted by Gasteiger charge is 2.48. The number of hydrogen-bond donors (Lipinski definition) is 1. The van der Waals surface area contributed by atoms with Gasteiger partial charge in [0.1, 0.15) is 0 Å². The van der Waals surface area contributed by atoms with E-state index in [1.807, 2.05) is 13.8 Å². The number of nitrogens with one attached hydrogen (secondary N) is 1. The van der Waals surface area contributed by atoms with Gasteiger partial charge < -0.3 is 10.1 Å². The van der Waals surface area contributed by atoms with Crippen LogP contribution >= 0.6 is 0 Å². The fraction of sp³-hybridized carbons (Fsp3) is 0.538. The average molecular weight is 325 g/mol. The first-order valence-corrected chi connectivity index (χ1v) is 7.75. The molecule has 0 spiro atoms. The molecule has 4 nitrogen and oxygen atoms in total. The zero-order chi connectivity index (χ0) is 16.3. The maximum Gasteiger partial charge on any atom is 0.501 e. The van der Waals surface area contributed by atoms with Gasteiger partial charge in [-0.3, -0.25) is 0 Å². The summed E-state index contributed by atoms with van der Waals surface area (Å²) >= 11 is 0. The lowest BCUT2D eigenvalue weighted by atomic mass is 10.1. The lowest BCUT2D eigenvalue weighted by molar-refractivity contribution is -0.0435. The Balaban J connectivity index is 3.22. The van der Waals surface area contributed by atoms with E-state index in [4.69, 9.17) is 4.74 Å². The van der Waals surface area contributed by atoms with Crippen molar-refractivity contribution in [1.29, 1.82) is 0 Å². The van der Waals surface area contributed by atoms with Crippen molar-refractivity contribution in [2.45, 2.75) is 30.3 Å². The summed E-state index contributed by atoms with van der Waals surface area (Å²) in [5, 5.41) is 2.82. The van der Waals surface area contributed by atoms with Gasteiger partial charge in [-0.15, -0.1) is 0 Å². The normalized spacial score (nSPS) is 14.2. The minimum Gasteiger partial charge on any atom is -0.383 e. The number of para-hydroxylation sites is 1. The molecule has 21 heavy (non-hydrogen) atoms. The summed E-state index contributed by atoms with van der Waals surface area (Å²) in [6, 6.07) is 4.67. The molecule has 0 fully saturated rings. The third-order valence-electron chi connectivity index (χ3n) is 2.97. The largest absolute Gasteiger partial charge is 0.501 e. The molecule has 0 saturated carbocycles. The number of methoxy groups -OCH3 is 1. The van der Waals surface area contributed by atoms with Crippen LogP contribution in [0.2, 0.25) is 0 Å². The molecule has 1 aromatic rings. The van der Waals surface area contributed by atoms with E-state index in [0.29, 0.717) is 0 Å². The Morgan fingerprint density at radius 3 is 2.29 bits per heavy atom. The highest BCUT2D eigenvalue weighted by Crippen LogP contribution is 2.34. The maximum atomic E-state index is 12.7. The molecule has 1 aromatic carbocycles. The van der Waals surface area contributed by atoms with Gasteiger partial charge in [-0.05, 0) is 18.1 Å². The molecule has 0 saturated heterocycles. The Morgan fingerprint density at radius 1 is 1.24 bits per heavy atom. The third-order valence-corrected chi connectivity index (χ3v) is 4.52. The standard InChI is InChI=1S/C13H18F3NO3S/c1-9(2)11(8-20-3)17-10-6-4-5-7-12(10)21(18,19)13(14,15)16/h4-7,9,11,17H,8H2,1-3H3. The van der Waals surface area contributed by atoms with Crippen LogP contribution in [-0.2, 0) is 14.6 Å². The zero-order valence-electron chi connectivity index (χ0n) is 11.9. The van der Waals surface area contributed by atoms with Gasteiger partial charge in [-0.25, -0.2) is 8.42 Å². The topological polar surface area (TPSA) is 55.4 Å². The third kappa shape index (κ3) is 4.10. The molecule has 0 aliphatic rings. The van der Waals surface area contributed by atoms with E-state index in [9.17, 15) is 21.6 Å². The van der Waals surface area contributed by atoms with Gasteiger partial charge in [-0.2, -0.15) is 13.2 Å². The molecule has 0 aliphatic heterocycles. The van der Waals surface area contributed by atoms with E-state index in [0.717, 1.165) is 6.07 Å². The minimum atomic E-state index is -5.40. The zero-order valence-corrected chi connectivity index (χ0v) is 12.8. The van der Waals surface area contributed by atoms with Crippen molar-refractivity contribution in [3.05, 3.63) is 24.3 Å². The van der Waals surface area contributed by atoms with Crippen molar-refractivity contribution in [2.24, 2.45) is 5.92 Å². The monoisotopic (exact) mass is 325 g/mol. The van der Waals surface area contributed by atoms with E-state index >= 15 is 0 Å². The first-order valence-electron chi connectivity index (χ1n) is 6.27. The molecule has 0 heterocycles. The lowest BCUT2D eigenvalue weighted by Crippen LogP contribution is -2.32. The molecule has 0 aromatic heterocycles. The number of alkyl halides is 3. The van der Waals surface area contributed by atoms with Crippen molar-refractivity contribution < 1.29 is 26.3 Å². The number of hydrogen-bond acceptors (Lipinski definition) is 4. The van der Waals surface area contributed by atoms with Crippen LogP contribution in [0, 0.1) is 5.92 Å². The number of anilines is 1. The molecule has 0 aliphatic carbocycles. The van der Waals surface area contributed by atoms with Crippen molar-refractivity contribution in [3.8, 4) is 0 Å². The number of rotatable bonds is 6. The molecule has 0 bridgehead atoms. The van der Waals surface area contributed by atoms with Crippen LogP contribution in [0.25, 0.3) is 0 Å². The Labute approximate surface area is 122 Å². The van der Waals surface area contributed by atoms with Gasteiger partial charge in [0.2, 0.25) is 0 Å². The summed E-state index contributed by atoms with van der Waals surface area (Å²) in [7, 11) is -3.93. The van der Waals surface area contributed by atoms with E-state index in [1.54, 1.807) is 0 Å². The van der Waals surface area contributed by atoms with Crippen molar-refractivity contribution in [2.75, 3.05) is 19.0 Å². The van der Waals surface area contributed by atoms with Crippen molar-refractivity contribution in [1.82, 2.24) is 0 Å². The minimum absolute atomic E-state index is 0.0478. The van der Waals surface area contributed by atoms with Crippen LogP contribution < -0.4 is 5.32 Å². The van der Waals surface area contributed by atoms with Crippen LogP contribution in [0.3, 0.4) is 0 Å². The predicted octanol–water partition coefficient (Wildman–Crippen LogP) is 3.06. The van der Waals surface area contributed by atoms with E-state index in [1.165, 1.54) is 25.3 Å². The number of ether oxygens (including phenoxy) is 1. The van der Waals surface area contributed by atoms with Crippen LogP contribution in [-0.4, -0.2) is 33.7 Å². The van der Waals surface area contributed by atoms with Gasteiger partial charge in [0.05, 0.1) is 23.2 Å². The molecule has 1 rings (SSSR count). The van der Waals surface area contributed by atoms with Gasteiger partial charge in [0, 0.05) is 7.11 Å². The van der Waals surface area contributed by atoms with E-state index < -0.39 is 20.2 Å². The SMILES string of the molecule is COCC(Nc1ccccc1S(=O)(=O)C(F)(F)F)C(C)C. The van der Waals surface area contributed by atoms with E-state index in [-0.39, 0.29) is 24.3 Å². The summed E-state index contributed by atoms with van der Waals surface area (Å²) in [4.78, 5) is -0.778. The lowest BCUT2D eigenvalue weighted by Gasteiger charge is -2.24. The second-order valence-corrected chi connectivity index (χ2v) is 6.81. The summed E-state index contributed by atoms with van der Waals surface area (Å²) in [6.07, 6.45) is 0. The molecule has 0 amide bonds. The first kappa shape index (κ1) is 17.8. The highest BCUT2D eigenvalue weighted by molar-refractivity contribution is 7.92. The second-order valence-electron chi connectivity index (χ2n) is 4.90. The molecule has 8 heteroatoms. The Bertz CT molecular complexity index is 570. The Kier molecular flexibility index (Phi) is 5.63. The number of sulfone groups is 1. The second kappa shape index (κ2) is 6.65. The first-order chi connectivity index (χ1) is 9.61. The van der Waals surface area contributed by atoms with Crippen LogP contribution in [0.15, 0.2) is 29.2 Å². The fourth-order valence-electron chi connectivity index (χ4n) is 1.72.